The van der Waals surface area contributed by atoms with Crippen LogP contribution in [0.1, 0.15) is 22.6 Å². The zero-order chi connectivity index (χ0) is 13.5. The number of thioether (sulfide) groups is 1. The van der Waals surface area contributed by atoms with Crippen molar-refractivity contribution < 1.29 is 0 Å². The van der Waals surface area contributed by atoms with Crippen LogP contribution in [0.3, 0.4) is 0 Å². The lowest BCUT2D eigenvalue weighted by Crippen LogP contribution is -1.89. The van der Waals surface area contributed by atoms with Gasteiger partial charge in [0.1, 0.15) is 26.2 Å². The summed E-state index contributed by atoms with van der Waals surface area (Å²) in [6, 6.07) is 0. The first kappa shape index (κ1) is 12.9. The monoisotopic (exact) mass is 340 g/mol. The summed E-state index contributed by atoms with van der Waals surface area (Å²) in [5.74, 6) is 0.700. The largest absolute Gasteiger partial charge is 0.229 e. The van der Waals surface area contributed by atoms with Crippen LogP contribution in [0.4, 0.5) is 0 Å². The van der Waals surface area contributed by atoms with Crippen molar-refractivity contribution >= 4 is 56.4 Å². The highest BCUT2D eigenvalue weighted by Crippen LogP contribution is 2.40. The van der Waals surface area contributed by atoms with E-state index in [1.165, 1.54) is 40.2 Å². The molecule has 8 heteroatoms. The number of hydrogen-bond donors (Lipinski definition) is 0. The highest BCUT2D eigenvalue weighted by molar-refractivity contribution is 7.98. The van der Waals surface area contributed by atoms with Crippen molar-refractivity contribution in [3.05, 3.63) is 26.8 Å². The predicted octanol–water partition coefficient (Wildman–Crippen LogP) is 3.98. The third-order valence-electron chi connectivity index (χ3n) is 3.32. The molecule has 4 nitrogen and oxygen atoms in total. The molecule has 20 heavy (non-hydrogen) atoms. The fraction of sp³-hybridized carbons (Fsp3) is 0.333. The second-order valence-electron chi connectivity index (χ2n) is 4.50. The van der Waals surface area contributed by atoms with Crippen molar-refractivity contribution in [1.82, 2.24) is 19.6 Å². The molecule has 0 aliphatic heterocycles. The molecule has 0 spiro atoms. The van der Waals surface area contributed by atoms with Crippen molar-refractivity contribution in [2.45, 2.75) is 30.0 Å². The van der Waals surface area contributed by atoms with Crippen molar-refractivity contribution in [3.8, 4) is 0 Å². The van der Waals surface area contributed by atoms with Crippen molar-refractivity contribution in [2.24, 2.45) is 0 Å². The minimum Gasteiger partial charge on any atom is -0.229 e. The summed E-state index contributed by atoms with van der Waals surface area (Å²) in [4.78, 5) is 11.5. The molecule has 0 aromatic carbocycles. The molecule has 1 aliphatic rings. The van der Waals surface area contributed by atoms with Crippen molar-refractivity contribution in [2.75, 3.05) is 0 Å². The van der Waals surface area contributed by atoms with Crippen LogP contribution in [-0.4, -0.2) is 19.6 Å². The van der Waals surface area contributed by atoms with E-state index >= 15 is 0 Å². The molecule has 3 heterocycles. The first-order valence-electron chi connectivity index (χ1n) is 6.17. The van der Waals surface area contributed by atoms with Crippen molar-refractivity contribution in [3.63, 3.8) is 0 Å². The van der Waals surface area contributed by atoms with Gasteiger partial charge in [-0.15, -0.1) is 16.4 Å². The van der Waals surface area contributed by atoms with Gasteiger partial charge in [0.2, 0.25) is 0 Å². The Bertz CT molecular complexity index is 782. The van der Waals surface area contributed by atoms with Gasteiger partial charge >= 0.3 is 0 Å². The zero-order valence-electron chi connectivity index (χ0n) is 10.3. The Morgan fingerprint density at radius 2 is 2.25 bits per heavy atom. The Morgan fingerprint density at radius 1 is 1.30 bits per heavy atom. The third-order valence-corrected chi connectivity index (χ3v) is 6.51. The molecule has 0 fully saturated rings. The number of thiophene rings is 1. The molecule has 3 aromatic heterocycles. The summed E-state index contributed by atoms with van der Waals surface area (Å²) < 4.78 is 4.52. The van der Waals surface area contributed by atoms with E-state index < -0.39 is 0 Å². The first-order valence-corrected chi connectivity index (χ1v) is 9.13. The van der Waals surface area contributed by atoms with Crippen LogP contribution in [-0.2, 0) is 18.6 Å². The minimum atomic E-state index is 0.665. The van der Waals surface area contributed by atoms with E-state index in [0.717, 1.165) is 22.0 Å². The molecule has 4 rings (SSSR count). The minimum absolute atomic E-state index is 0.665. The summed E-state index contributed by atoms with van der Waals surface area (Å²) in [7, 11) is 0. The lowest BCUT2D eigenvalue weighted by atomic mass is 10.2. The molecule has 0 saturated carbocycles. The highest BCUT2D eigenvalue weighted by atomic mass is 35.5. The van der Waals surface area contributed by atoms with E-state index in [1.807, 2.05) is 11.3 Å². The summed E-state index contributed by atoms with van der Waals surface area (Å²) in [5, 5.41) is 6.33. The third kappa shape index (κ3) is 2.13. The van der Waals surface area contributed by atoms with Gasteiger partial charge in [-0.1, -0.05) is 27.9 Å². The van der Waals surface area contributed by atoms with Crippen LogP contribution >= 0.6 is 46.2 Å². The molecule has 0 unspecified atom stereocenters. The first-order chi connectivity index (χ1) is 9.83. The topological polar surface area (TPSA) is 51.6 Å². The maximum absolute atomic E-state index is 6.05. The lowest BCUT2D eigenvalue weighted by molar-refractivity contribution is 0.915. The van der Waals surface area contributed by atoms with E-state index in [2.05, 4.69) is 19.6 Å². The summed E-state index contributed by atoms with van der Waals surface area (Å²) in [6.07, 6.45) is 5.23. The average molecular weight is 341 g/mol. The lowest BCUT2D eigenvalue weighted by Gasteiger charge is -2.02. The number of fused-ring (bicyclic) bond motifs is 3. The van der Waals surface area contributed by atoms with E-state index in [0.29, 0.717) is 10.1 Å². The Hall–Kier alpha value is -0.760. The Balaban J connectivity index is 1.71. The molecular weight excluding hydrogens is 332 g/mol. The number of rotatable bonds is 3. The van der Waals surface area contributed by atoms with Crippen molar-refractivity contribution in [1.29, 1.82) is 0 Å². The van der Waals surface area contributed by atoms with Crippen LogP contribution in [0.15, 0.2) is 11.4 Å². The predicted molar refractivity (Wildman–Crippen MR) is 83.9 cm³/mol. The van der Waals surface area contributed by atoms with E-state index in [9.17, 15) is 0 Å². The van der Waals surface area contributed by atoms with Gasteiger partial charge in [0.25, 0.3) is 0 Å². The van der Waals surface area contributed by atoms with E-state index in [4.69, 9.17) is 11.6 Å². The molecule has 3 aromatic rings. The second kappa shape index (κ2) is 5.22. The summed E-state index contributed by atoms with van der Waals surface area (Å²) >= 11 is 10.8. The number of nitrogens with zero attached hydrogens (tertiary/aromatic N) is 4. The Morgan fingerprint density at radius 3 is 3.10 bits per heavy atom. The maximum atomic E-state index is 6.05. The van der Waals surface area contributed by atoms with Gasteiger partial charge in [0, 0.05) is 27.5 Å². The highest BCUT2D eigenvalue weighted by Gasteiger charge is 2.21. The van der Waals surface area contributed by atoms with Gasteiger partial charge in [-0.3, -0.25) is 0 Å². The summed E-state index contributed by atoms with van der Waals surface area (Å²) in [5.41, 5.74) is 2.29. The van der Waals surface area contributed by atoms with E-state index in [1.54, 1.807) is 18.1 Å². The number of hydrogen-bond acceptors (Lipinski definition) is 7. The van der Waals surface area contributed by atoms with Gasteiger partial charge in [-0.05, 0) is 24.8 Å². The second-order valence-corrected chi connectivity index (χ2v) is 7.90. The van der Waals surface area contributed by atoms with Gasteiger partial charge in [-0.2, -0.15) is 0 Å². The average Bonchev–Trinajstić information content (AvgIpc) is 3.11. The molecule has 1 aliphatic carbocycles. The van der Waals surface area contributed by atoms with Crippen LogP contribution in [0, 0.1) is 0 Å². The quantitative estimate of drug-likeness (QED) is 0.533. The fourth-order valence-electron chi connectivity index (χ4n) is 2.43. The molecule has 0 amide bonds. The maximum Gasteiger partial charge on any atom is 0.138 e. The van der Waals surface area contributed by atoms with Crippen LogP contribution < -0.4 is 0 Å². The Kier molecular flexibility index (Phi) is 3.37. The number of halogens is 1. The molecule has 0 atom stereocenters. The van der Waals surface area contributed by atoms with Gasteiger partial charge < -0.3 is 0 Å². The zero-order valence-corrected chi connectivity index (χ0v) is 13.5. The summed E-state index contributed by atoms with van der Waals surface area (Å²) in [6.45, 7) is 0. The van der Waals surface area contributed by atoms with E-state index in [-0.39, 0.29) is 0 Å². The molecule has 0 bridgehead atoms. The van der Waals surface area contributed by atoms with Crippen LogP contribution in [0.25, 0.3) is 10.2 Å². The van der Waals surface area contributed by atoms with Crippen LogP contribution in [0.5, 0.6) is 0 Å². The van der Waals surface area contributed by atoms with Gasteiger partial charge in [0.05, 0.1) is 0 Å². The Labute approximate surface area is 132 Å². The number of aryl methyl sites for hydroxylation is 2. The smallest absolute Gasteiger partial charge is 0.138 e. The molecular formula is C12H9ClN4S3. The molecule has 0 saturated heterocycles. The fourth-order valence-corrected chi connectivity index (χ4v) is 5.48. The molecule has 102 valence electrons. The normalized spacial score (nSPS) is 14.1. The van der Waals surface area contributed by atoms with Gasteiger partial charge in [-0.25, -0.2) is 9.97 Å². The molecule has 0 N–H and O–H groups in total. The van der Waals surface area contributed by atoms with Gasteiger partial charge in [0.15, 0.2) is 0 Å². The number of aromatic nitrogens is 4. The standard InChI is InChI=1S/C12H9ClN4S3/c13-10-7(16-17-20-10)4-18-11-9-6-2-1-3-8(6)19-12(9)15-5-14-11/h5H,1-4H2. The SMILES string of the molecule is Clc1snnc1CSc1ncnc2sc3c(c12)CCC3. The molecule has 0 radical (unpaired) electrons. The van der Waals surface area contributed by atoms with Crippen LogP contribution in [0.2, 0.25) is 4.34 Å².